The second kappa shape index (κ2) is 10.1. The molecule has 0 radical (unpaired) electrons. The number of carbonyl (C=O) groups excluding carboxylic acids is 1. The lowest BCUT2D eigenvalue weighted by Gasteiger charge is -2.27. The van der Waals surface area contributed by atoms with Gasteiger partial charge in [0.25, 0.3) is 5.91 Å². The van der Waals surface area contributed by atoms with Crippen LogP contribution >= 0.6 is 0 Å². The number of ether oxygens (including phenoxy) is 1. The Morgan fingerprint density at radius 1 is 0.938 bits per heavy atom. The van der Waals surface area contributed by atoms with Crippen molar-refractivity contribution in [2.24, 2.45) is 0 Å². The molecule has 1 aromatic heterocycles. The molecule has 32 heavy (non-hydrogen) atoms. The molecule has 0 unspecified atom stereocenters. The van der Waals surface area contributed by atoms with E-state index in [0.717, 1.165) is 41.8 Å². The Hall–Kier alpha value is -3.61. The first-order valence-electron chi connectivity index (χ1n) is 11.0. The third kappa shape index (κ3) is 5.97. The summed E-state index contributed by atoms with van der Waals surface area (Å²) >= 11 is 0. The number of amides is 1. The Morgan fingerprint density at radius 3 is 2.34 bits per heavy atom. The molecule has 0 saturated carbocycles. The van der Waals surface area contributed by atoms with E-state index in [1.165, 1.54) is 19.3 Å². The highest BCUT2D eigenvalue weighted by molar-refractivity contribution is 5.92. The van der Waals surface area contributed by atoms with Crippen LogP contribution in [0.3, 0.4) is 0 Å². The Kier molecular flexibility index (Phi) is 6.84. The number of hydrogen-bond acceptors (Lipinski definition) is 6. The molecule has 1 fully saturated rings. The van der Waals surface area contributed by atoms with Gasteiger partial charge < -0.3 is 20.3 Å². The molecule has 2 heterocycles. The number of anilines is 4. The molecule has 0 aliphatic carbocycles. The van der Waals surface area contributed by atoms with Crippen LogP contribution in [-0.4, -0.2) is 35.6 Å². The van der Waals surface area contributed by atoms with Crippen LogP contribution in [0.25, 0.3) is 0 Å². The smallest absolute Gasteiger partial charge is 0.262 e. The summed E-state index contributed by atoms with van der Waals surface area (Å²) in [7, 11) is 0. The molecule has 7 heteroatoms. The van der Waals surface area contributed by atoms with Crippen LogP contribution in [-0.2, 0) is 4.79 Å². The second-order valence-corrected chi connectivity index (χ2v) is 8.09. The first-order chi connectivity index (χ1) is 15.5. The lowest BCUT2D eigenvalue weighted by molar-refractivity contribution is -0.118. The maximum absolute atomic E-state index is 12.2. The molecule has 1 amide bonds. The van der Waals surface area contributed by atoms with Crippen molar-refractivity contribution in [2.45, 2.75) is 33.1 Å². The van der Waals surface area contributed by atoms with Crippen molar-refractivity contribution in [3.8, 4) is 5.75 Å². The molecule has 3 aromatic rings. The zero-order valence-electron chi connectivity index (χ0n) is 18.6. The Bertz CT molecular complexity index is 1040. The number of aryl methyl sites for hydroxylation is 2. The minimum Gasteiger partial charge on any atom is -0.484 e. The highest BCUT2D eigenvalue weighted by atomic mass is 16.5. The van der Waals surface area contributed by atoms with Gasteiger partial charge in [0.1, 0.15) is 11.6 Å². The molecule has 1 aliphatic rings. The molecule has 0 atom stereocenters. The van der Waals surface area contributed by atoms with Gasteiger partial charge in [-0.05, 0) is 69.5 Å². The van der Waals surface area contributed by atoms with E-state index < -0.39 is 0 Å². The lowest BCUT2D eigenvalue weighted by Crippen LogP contribution is -2.31. The topological polar surface area (TPSA) is 79.4 Å². The molecule has 7 nitrogen and oxygen atoms in total. The highest BCUT2D eigenvalue weighted by Crippen LogP contribution is 2.22. The molecule has 0 bridgehead atoms. The number of piperidine rings is 1. The Labute approximate surface area is 188 Å². The van der Waals surface area contributed by atoms with E-state index in [1.807, 2.05) is 68.4 Å². The number of aromatic nitrogens is 2. The predicted octanol–water partition coefficient (Wildman–Crippen LogP) is 4.84. The summed E-state index contributed by atoms with van der Waals surface area (Å²) in [6, 6.07) is 17.1. The van der Waals surface area contributed by atoms with E-state index >= 15 is 0 Å². The average Bonchev–Trinajstić information content (AvgIpc) is 2.80. The van der Waals surface area contributed by atoms with Gasteiger partial charge in [0, 0.05) is 36.2 Å². The van der Waals surface area contributed by atoms with E-state index in [-0.39, 0.29) is 12.5 Å². The largest absolute Gasteiger partial charge is 0.484 e. The van der Waals surface area contributed by atoms with Crippen LogP contribution in [0.5, 0.6) is 5.75 Å². The zero-order chi connectivity index (χ0) is 22.3. The van der Waals surface area contributed by atoms with Crippen LogP contribution in [0, 0.1) is 13.8 Å². The number of nitrogens with one attached hydrogen (secondary N) is 2. The van der Waals surface area contributed by atoms with Crippen molar-refractivity contribution in [2.75, 3.05) is 35.2 Å². The van der Waals surface area contributed by atoms with Crippen molar-refractivity contribution in [3.05, 3.63) is 65.9 Å². The third-order valence-electron chi connectivity index (χ3n) is 5.31. The van der Waals surface area contributed by atoms with Gasteiger partial charge in [-0.3, -0.25) is 4.79 Å². The van der Waals surface area contributed by atoms with Gasteiger partial charge in [-0.25, -0.2) is 4.98 Å². The van der Waals surface area contributed by atoms with Gasteiger partial charge in [0.15, 0.2) is 6.61 Å². The Morgan fingerprint density at radius 2 is 1.62 bits per heavy atom. The summed E-state index contributed by atoms with van der Waals surface area (Å²) in [5, 5.41) is 6.19. The number of benzene rings is 2. The standard InChI is InChI=1S/C25H29N5O2/c1-18-6-12-22(13-7-18)32-17-24(31)28-21-10-8-20(9-11-21)27-23-16-19(2)26-25(29-23)30-14-4-3-5-15-30/h6-13,16H,3-5,14-15,17H2,1-2H3,(H,28,31)(H,26,27,29). The third-order valence-corrected chi connectivity index (χ3v) is 5.31. The van der Waals surface area contributed by atoms with Gasteiger partial charge in [-0.2, -0.15) is 4.98 Å². The molecule has 1 saturated heterocycles. The number of nitrogens with zero attached hydrogens (tertiary/aromatic N) is 3. The molecular weight excluding hydrogens is 402 g/mol. The fourth-order valence-corrected chi connectivity index (χ4v) is 3.62. The van der Waals surface area contributed by atoms with Crippen molar-refractivity contribution >= 4 is 29.0 Å². The van der Waals surface area contributed by atoms with E-state index in [9.17, 15) is 4.79 Å². The minimum atomic E-state index is -0.205. The van der Waals surface area contributed by atoms with Gasteiger partial charge in [0.05, 0.1) is 0 Å². The zero-order valence-corrected chi connectivity index (χ0v) is 18.6. The Balaban J connectivity index is 1.33. The maximum atomic E-state index is 12.2. The van der Waals surface area contributed by atoms with Crippen LogP contribution in [0.15, 0.2) is 54.6 Å². The van der Waals surface area contributed by atoms with Crippen LogP contribution in [0.1, 0.15) is 30.5 Å². The fraction of sp³-hybridized carbons (Fsp3) is 0.320. The number of rotatable bonds is 7. The van der Waals surface area contributed by atoms with Crippen molar-refractivity contribution in [1.82, 2.24) is 9.97 Å². The quantitative estimate of drug-likeness (QED) is 0.557. The van der Waals surface area contributed by atoms with E-state index in [2.05, 4.69) is 20.5 Å². The van der Waals surface area contributed by atoms with Gasteiger partial charge >= 0.3 is 0 Å². The van der Waals surface area contributed by atoms with E-state index in [0.29, 0.717) is 11.4 Å². The van der Waals surface area contributed by atoms with Gasteiger partial charge in [0.2, 0.25) is 5.95 Å². The molecule has 2 aromatic carbocycles. The summed E-state index contributed by atoms with van der Waals surface area (Å²) in [6.45, 7) is 5.96. The van der Waals surface area contributed by atoms with Crippen LogP contribution in [0.2, 0.25) is 0 Å². The second-order valence-electron chi connectivity index (χ2n) is 8.09. The predicted molar refractivity (Wildman–Crippen MR) is 128 cm³/mol. The number of carbonyl (C=O) groups is 1. The highest BCUT2D eigenvalue weighted by Gasteiger charge is 2.14. The van der Waals surface area contributed by atoms with Crippen molar-refractivity contribution in [1.29, 1.82) is 0 Å². The summed E-state index contributed by atoms with van der Waals surface area (Å²) in [4.78, 5) is 23.7. The summed E-state index contributed by atoms with van der Waals surface area (Å²) in [5.41, 5.74) is 3.68. The van der Waals surface area contributed by atoms with E-state index in [1.54, 1.807) is 0 Å². The van der Waals surface area contributed by atoms with Crippen molar-refractivity contribution in [3.63, 3.8) is 0 Å². The molecule has 4 rings (SSSR count). The molecular formula is C25H29N5O2. The fourth-order valence-electron chi connectivity index (χ4n) is 3.62. The maximum Gasteiger partial charge on any atom is 0.262 e. The average molecular weight is 432 g/mol. The summed E-state index contributed by atoms with van der Waals surface area (Å²) in [5.74, 6) is 2.02. The first kappa shape index (κ1) is 21.6. The molecule has 0 spiro atoms. The van der Waals surface area contributed by atoms with Crippen molar-refractivity contribution < 1.29 is 9.53 Å². The molecule has 166 valence electrons. The normalized spacial score (nSPS) is 13.5. The SMILES string of the molecule is Cc1ccc(OCC(=O)Nc2ccc(Nc3cc(C)nc(N4CCCCC4)n3)cc2)cc1. The molecule has 1 aliphatic heterocycles. The van der Waals surface area contributed by atoms with E-state index in [4.69, 9.17) is 9.72 Å². The molecule has 2 N–H and O–H groups in total. The monoisotopic (exact) mass is 431 g/mol. The number of hydrogen-bond donors (Lipinski definition) is 2. The summed E-state index contributed by atoms with van der Waals surface area (Å²) in [6.07, 6.45) is 3.64. The summed E-state index contributed by atoms with van der Waals surface area (Å²) < 4.78 is 5.53. The van der Waals surface area contributed by atoms with Crippen LogP contribution in [0.4, 0.5) is 23.1 Å². The van der Waals surface area contributed by atoms with Gasteiger partial charge in [-0.1, -0.05) is 17.7 Å². The lowest BCUT2D eigenvalue weighted by atomic mass is 10.1. The minimum absolute atomic E-state index is 0.0391. The first-order valence-corrected chi connectivity index (χ1v) is 11.0. The van der Waals surface area contributed by atoms with Crippen LogP contribution < -0.4 is 20.3 Å². The van der Waals surface area contributed by atoms with Gasteiger partial charge in [-0.15, -0.1) is 0 Å².